The van der Waals surface area contributed by atoms with E-state index in [4.69, 9.17) is 4.74 Å². The first-order chi connectivity index (χ1) is 8.61. The lowest BCUT2D eigenvalue weighted by molar-refractivity contribution is 0.197. The first-order valence-corrected chi connectivity index (χ1v) is 6.71. The van der Waals surface area contributed by atoms with E-state index in [1.165, 1.54) is 12.8 Å². The van der Waals surface area contributed by atoms with Gasteiger partial charge in [-0.05, 0) is 31.4 Å². The van der Waals surface area contributed by atoms with Gasteiger partial charge in [0.2, 0.25) is 0 Å². The Morgan fingerprint density at radius 2 is 2.22 bits per heavy atom. The second-order valence-electron chi connectivity index (χ2n) is 5.42. The van der Waals surface area contributed by atoms with Gasteiger partial charge >= 0.3 is 0 Å². The molecule has 0 radical (unpaired) electrons. The van der Waals surface area contributed by atoms with Gasteiger partial charge in [0.15, 0.2) is 0 Å². The van der Waals surface area contributed by atoms with Crippen LogP contribution in [0.1, 0.15) is 32.3 Å². The molecule has 0 saturated carbocycles. The molecule has 2 rings (SSSR count). The molecule has 0 aromatic heterocycles. The molecule has 100 valence electrons. The highest BCUT2D eigenvalue weighted by molar-refractivity contribution is 5.39. The summed E-state index contributed by atoms with van der Waals surface area (Å²) >= 11 is 0. The summed E-state index contributed by atoms with van der Waals surface area (Å²) in [7, 11) is 1.61. The minimum Gasteiger partial charge on any atom is -0.507 e. The number of aromatic hydroxyl groups is 1. The van der Waals surface area contributed by atoms with Crippen LogP contribution in [0, 0.1) is 5.92 Å². The molecule has 1 heterocycles. The molecule has 1 unspecified atom stereocenters. The Morgan fingerprint density at radius 1 is 1.44 bits per heavy atom. The number of methoxy groups -OCH3 is 1. The summed E-state index contributed by atoms with van der Waals surface area (Å²) < 4.78 is 5.11. The van der Waals surface area contributed by atoms with Crippen molar-refractivity contribution < 1.29 is 9.84 Å². The molecule has 1 aliphatic rings. The Balaban J connectivity index is 2.09. The van der Waals surface area contributed by atoms with Crippen molar-refractivity contribution in [2.75, 3.05) is 13.7 Å². The van der Waals surface area contributed by atoms with Gasteiger partial charge in [-0.1, -0.05) is 19.9 Å². The maximum atomic E-state index is 10.0. The van der Waals surface area contributed by atoms with Crippen molar-refractivity contribution >= 4 is 0 Å². The summed E-state index contributed by atoms with van der Waals surface area (Å²) in [5, 5.41) is 10.0. The number of benzene rings is 1. The molecular formula is C15H23NO2. The van der Waals surface area contributed by atoms with Gasteiger partial charge in [0, 0.05) is 24.2 Å². The summed E-state index contributed by atoms with van der Waals surface area (Å²) in [6, 6.07) is 6.21. The zero-order valence-electron chi connectivity index (χ0n) is 11.5. The molecule has 3 heteroatoms. The first kappa shape index (κ1) is 13.2. The van der Waals surface area contributed by atoms with E-state index < -0.39 is 0 Å². The largest absolute Gasteiger partial charge is 0.507 e. The van der Waals surface area contributed by atoms with Crippen LogP contribution in [0.25, 0.3) is 0 Å². The Morgan fingerprint density at radius 3 is 2.83 bits per heavy atom. The van der Waals surface area contributed by atoms with E-state index >= 15 is 0 Å². The topological polar surface area (TPSA) is 32.7 Å². The fourth-order valence-corrected chi connectivity index (χ4v) is 2.83. The average molecular weight is 249 g/mol. The molecule has 0 aliphatic carbocycles. The van der Waals surface area contributed by atoms with E-state index in [1.807, 2.05) is 12.1 Å². The Bertz CT molecular complexity index is 403. The monoisotopic (exact) mass is 249 g/mol. The molecule has 1 aliphatic heterocycles. The maximum absolute atomic E-state index is 10.0. The van der Waals surface area contributed by atoms with E-state index in [0.717, 1.165) is 18.7 Å². The second-order valence-corrected chi connectivity index (χ2v) is 5.42. The SMILES string of the molecule is COc1ccc(CN2CCCC2C(C)C)c(O)c1. The molecule has 0 spiro atoms. The molecule has 1 N–H and O–H groups in total. The number of ether oxygens (including phenoxy) is 1. The maximum Gasteiger partial charge on any atom is 0.123 e. The van der Waals surface area contributed by atoms with Crippen molar-refractivity contribution in [1.29, 1.82) is 0 Å². The molecule has 18 heavy (non-hydrogen) atoms. The normalized spacial score (nSPS) is 20.6. The average Bonchev–Trinajstić information content (AvgIpc) is 2.80. The number of rotatable bonds is 4. The van der Waals surface area contributed by atoms with Gasteiger partial charge in [0.05, 0.1) is 7.11 Å². The van der Waals surface area contributed by atoms with Gasteiger partial charge in [-0.15, -0.1) is 0 Å². The lowest BCUT2D eigenvalue weighted by Crippen LogP contribution is -2.32. The number of phenols is 1. The first-order valence-electron chi connectivity index (χ1n) is 6.71. The van der Waals surface area contributed by atoms with E-state index in [-0.39, 0.29) is 0 Å². The standard InChI is InChI=1S/C15H23NO2/c1-11(2)14-5-4-8-16(14)10-12-6-7-13(18-3)9-15(12)17/h6-7,9,11,14,17H,4-5,8,10H2,1-3H3. The summed E-state index contributed by atoms with van der Waals surface area (Å²) in [6.07, 6.45) is 2.54. The van der Waals surface area contributed by atoms with Crippen LogP contribution in [-0.2, 0) is 6.54 Å². The fraction of sp³-hybridized carbons (Fsp3) is 0.600. The minimum atomic E-state index is 0.337. The van der Waals surface area contributed by atoms with Gasteiger partial charge in [-0.3, -0.25) is 4.90 Å². The molecule has 1 atom stereocenters. The summed E-state index contributed by atoms with van der Waals surface area (Å²) in [6.45, 7) is 6.51. The highest BCUT2D eigenvalue weighted by Crippen LogP contribution is 2.29. The van der Waals surface area contributed by atoms with Crippen molar-refractivity contribution in [3.8, 4) is 11.5 Å². The molecular weight excluding hydrogens is 226 g/mol. The van der Waals surface area contributed by atoms with Gasteiger partial charge < -0.3 is 9.84 Å². The lowest BCUT2D eigenvalue weighted by Gasteiger charge is -2.27. The molecule has 1 aromatic carbocycles. The van der Waals surface area contributed by atoms with Crippen LogP contribution in [0.2, 0.25) is 0 Å². The van der Waals surface area contributed by atoms with Crippen molar-refractivity contribution in [2.45, 2.75) is 39.3 Å². The highest BCUT2D eigenvalue weighted by atomic mass is 16.5. The third-order valence-electron chi connectivity index (χ3n) is 3.85. The van der Waals surface area contributed by atoms with Gasteiger partial charge in [0.25, 0.3) is 0 Å². The zero-order chi connectivity index (χ0) is 13.1. The van der Waals surface area contributed by atoms with E-state index in [9.17, 15) is 5.11 Å². The Kier molecular flexibility index (Phi) is 4.12. The molecule has 1 fully saturated rings. The minimum absolute atomic E-state index is 0.337. The molecule has 0 amide bonds. The number of phenolic OH excluding ortho intramolecular Hbond substituents is 1. The van der Waals surface area contributed by atoms with Crippen LogP contribution in [-0.4, -0.2) is 29.7 Å². The van der Waals surface area contributed by atoms with Crippen molar-refractivity contribution in [3.05, 3.63) is 23.8 Å². The van der Waals surface area contributed by atoms with Crippen LogP contribution in [0.4, 0.5) is 0 Å². The van der Waals surface area contributed by atoms with Crippen LogP contribution in [0.3, 0.4) is 0 Å². The molecule has 0 bridgehead atoms. The number of likely N-dealkylation sites (tertiary alicyclic amines) is 1. The third-order valence-corrected chi connectivity index (χ3v) is 3.85. The van der Waals surface area contributed by atoms with Crippen LogP contribution >= 0.6 is 0 Å². The fourth-order valence-electron chi connectivity index (χ4n) is 2.83. The molecule has 1 saturated heterocycles. The van der Waals surface area contributed by atoms with E-state index in [1.54, 1.807) is 13.2 Å². The predicted octanol–water partition coefficient (Wildman–Crippen LogP) is 3.02. The Hall–Kier alpha value is -1.22. The summed E-state index contributed by atoms with van der Waals surface area (Å²) in [5.74, 6) is 1.72. The van der Waals surface area contributed by atoms with E-state index in [2.05, 4.69) is 18.7 Å². The quantitative estimate of drug-likeness (QED) is 0.890. The zero-order valence-corrected chi connectivity index (χ0v) is 11.5. The van der Waals surface area contributed by atoms with Crippen molar-refractivity contribution in [2.24, 2.45) is 5.92 Å². The number of hydrogen-bond acceptors (Lipinski definition) is 3. The highest BCUT2D eigenvalue weighted by Gasteiger charge is 2.27. The smallest absolute Gasteiger partial charge is 0.123 e. The van der Waals surface area contributed by atoms with Crippen LogP contribution in [0.5, 0.6) is 11.5 Å². The van der Waals surface area contributed by atoms with Crippen molar-refractivity contribution in [3.63, 3.8) is 0 Å². The van der Waals surface area contributed by atoms with Crippen molar-refractivity contribution in [1.82, 2.24) is 4.90 Å². The lowest BCUT2D eigenvalue weighted by atomic mass is 10.0. The van der Waals surface area contributed by atoms with Gasteiger partial charge in [0.1, 0.15) is 11.5 Å². The second kappa shape index (κ2) is 5.61. The Labute approximate surface area is 109 Å². The molecule has 3 nitrogen and oxygen atoms in total. The number of hydrogen-bond donors (Lipinski definition) is 1. The van der Waals surface area contributed by atoms with Crippen LogP contribution in [0.15, 0.2) is 18.2 Å². The summed E-state index contributed by atoms with van der Waals surface area (Å²) in [4.78, 5) is 2.48. The predicted molar refractivity (Wildman–Crippen MR) is 72.9 cm³/mol. The third kappa shape index (κ3) is 2.78. The van der Waals surface area contributed by atoms with Gasteiger partial charge in [-0.25, -0.2) is 0 Å². The number of nitrogens with zero attached hydrogens (tertiary/aromatic N) is 1. The van der Waals surface area contributed by atoms with Crippen LogP contribution < -0.4 is 4.74 Å². The van der Waals surface area contributed by atoms with Gasteiger partial charge in [-0.2, -0.15) is 0 Å². The molecule has 1 aromatic rings. The van der Waals surface area contributed by atoms with E-state index in [0.29, 0.717) is 23.5 Å². The summed E-state index contributed by atoms with van der Waals surface area (Å²) in [5.41, 5.74) is 0.989.